The third-order valence-electron chi connectivity index (χ3n) is 5.86. The van der Waals surface area contributed by atoms with Gasteiger partial charge >= 0.3 is 6.09 Å². The highest BCUT2D eigenvalue weighted by Gasteiger charge is 2.47. The summed E-state index contributed by atoms with van der Waals surface area (Å²) in [4.78, 5) is 36.8. The summed E-state index contributed by atoms with van der Waals surface area (Å²) in [5.74, 6) is -0.0100. The van der Waals surface area contributed by atoms with Crippen molar-refractivity contribution in [3.05, 3.63) is 48.5 Å². The molecule has 3 heterocycles. The van der Waals surface area contributed by atoms with Gasteiger partial charge in [-0.1, -0.05) is 30.3 Å². The van der Waals surface area contributed by atoms with Crippen LogP contribution in [0.2, 0.25) is 0 Å². The number of nitrogens with zero attached hydrogens (tertiary/aromatic N) is 4. The Bertz CT molecular complexity index is 1190. The number of hydrogen-bond donors (Lipinski definition) is 5. The standard InChI is InChI=1S/C24H31N7O6/c1-2-25-22(34)19-17(32)18(33)23(37-19)31-14-30-16-20(28-13-29-21(16)31)26-10-6-7-11-27-24(35)36-12-15-8-4-3-5-9-15/h3-5,8-9,13-14,17-19,23,32-33H,2,6-7,10-12H2,1H3,(H,25,34)(H,27,35)(H,26,28,29)/t17-,18+,19-,23+/m0/s1. The average Bonchev–Trinajstić information content (AvgIpc) is 3.46. The van der Waals surface area contributed by atoms with E-state index in [4.69, 9.17) is 9.47 Å². The number of carbonyl (C=O) groups is 2. The monoisotopic (exact) mass is 513 g/mol. The number of rotatable bonds is 11. The Morgan fingerprint density at radius 2 is 1.84 bits per heavy atom. The van der Waals surface area contributed by atoms with Gasteiger partial charge in [-0.2, -0.15) is 0 Å². The van der Waals surface area contributed by atoms with E-state index >= 15 is 0 Å². The van der Waals surface area contributed by atoms with Crippen LogP contribution in [-0.4, -0.2) is 79.7 Å². The maximum absolute atomic E-state index is 12.2. The van der Waals surface area contributed by atoms with E-state index in [1.54, 1.807) is 6.92 Å². The largest absolute Gasteiger partial charge is 0.445 e. The number of ether oxygens (including phenoxy) is 2. The number of fused-ring (bicyclic) bond motifs is 1. The number of imidazole rings is 1. The van der Waals surface area contributed by atoms with Crippen molar-refractivity contribution in [2.75, 3.05) is 25.0 Å². The fourth-order valence-electron chi connectivity index (χ4n) is 3.97. The molecule has 0 radical (unpaired) electrons. The van der Waals surface area contributed by atoms with Crippen LogP contribution in [0.15, 0.2) is 43.0 Å². The number of unbranched alkanes of at least 4 members (excludes halogenated alkanes) is 1. The topological polar surface area (TPSA) is 173 Å². The Labute approximate surface area is 213 Å². The van der Waals surface area contributed by atoms with Crippen molar-refractivity contribution in [3.63, 3.8) is 0 Å². The van der Waals surface area contributed by atoms with Gasteiger partial charge in [0.2, 0.25) is 0 Å². The molecule has 1 saturated heterocycles. The number of carbonyl (C=O) groups excluding carboxylic acids is 2. The van der Waals surface area contributed by atoms with Crippen molar-refractivity contribution in [1.82, 2.24) is 30.2 Å². The summed E-state index contributed by atoms with van der Waals surface area (Å²) in [6, 6.07) is 9.46. The number of anilines is 1. The lowest BCUT2D eigenvalue weighted by Crippen LogP contribution is -2.42. The van der Waals surface area contributed by atoms with Gasteiger partial charge in [-0.05, 0) is 25.3 Å². The Kier molecular flexibility index (Phi) is 8.82. The number of alkyl carbamates (subject to hydrolysis) is 1. The van der Waals surface area contributed by atoms with E-state index in [1.807, 2.05) is 30.3 Å². The zero-order valence-electron chi connectivity index (χ0n) is 20.4. The van der Waals surface area contributed by atoms with Gasteiger partial charge in [0.15, 0.2) is 29.3 Å². The molecule has 2 aromatic heterocycles. The first-order valence-corrected chi connectivity index (χ1v) is 12.1. The minimum atomic E-state index is -1.39. The van der Waals surface area contributed by atoms with Crippen LogP contribution < -0.4 is 16.0 Å². The van der Waals surface area contributed by atoms with Gasteiger partial charge in [-0.15, -0.1) is 0 Å². The number of amides is 2. The molecule has 0 saturated carbocycles. The molecule has 0 unspecified atom stereocenters. The third-order valence-corrected chi connectivity index (χ3v) is 5.86. The second-order valence-corrected chi connectivity index (χ2v) is 8.49. The van der Waals surface area contributed by atoms with Gasteiger partial charge in [0.25, 0.3) is 5.91 Å². The zero-order valence-corrected chi connectivity index (χ0v) is 20.4. The maximum Gasteiger partial charge on any atom is 0.407 e. The van der Waals surface area contributed by atoms with Gasteiger partial charge in [0, 0.05) is 19.6 Å². The Balaban J connectivity index is 1.25. The molecule has 13 heteroatoms. The van der Waals surface area contributed by atoms with Gasteiger partial charge in [-0.25, -0.2) is 19.7 Å². The number of hydrogen-bond acceptors (Lipinski definition) is 10. The SMILES string of the molecule is CCNC(=O)[C@H]1O[C@@H](n2cnc3c(NCCCCNC(=O)OCc4ccccc4)ncnc32)[C@H](O)[C@@H]1O. The maximum atomic E-state index is 12.2. The number of aliphatic hydroxyl groups excluding tert-OH is 2. The molecule has 1 fully saturated rings. The summed E-state index contributed by atoms with van der Waals surface area (Å²) >= 11 is 0. The lowest BCUT2D eigenvalue weighted by atomic mass is 10.1. The Morgan fingerprint density at radius 1 is 1.05 bits per heavy atom. The van der Waals surface area contributed by atoms with Crippen LogP contribution in [0.5, 0.6) is 0 Å². The lowest BCUT2D eigenvalue weighted by molar-refractivity contribution is -0.137. The summed E-state index contributed by atoms with van der Waals surface area (Å²) in [7, 11) is 0. The van der Waals surface area contributed by atoms with Crippen LogP contribution in [0.1, 0.15) is 31.6 Å². The molecule has 1 aliphatic rings. The van der Waals surface area contributed by atoms with E-state index in [0.29, 0.717) is 36.6 Å². The molecular formula is C24H31N7O6. The summed E-state index contributed by atoms with van der Waals surface area (Å²) in [5.41, 5.74) is 1.76. The first-order valence-electron chi connectivity index (χ1n) is 12.1. The van der Waals surface area contributed by atoms with Crippen LogP contribution >= 0.6 is 0 Å². The van der Waals surface area contributed by atoms with Crippen LogP contribution in [0.25, 0.3) is 11.2 Å². The van der Waals surface area contributed by atoms with E-state index in [2.05, 4.69) is 30.9 Å². The molecular weight excluding hydrogens is 482 g/mol. The first-order chi connectivity index (χ1) is 18.0. The molecule has 1 aromatic carbocycles. The van der Waals surface area contributed by atoms with Crippen molar-refractivity contribution in [2.45, 2.75) is 50.9 Å². The second kappa shape index (κ2) is 12.4. The quantitative estimate of drug-likeness (QED) is 0.230. The van der Waals surface area contributed by atoms with Gasteiger partial charge in [0.1, 0.15) is 25.1 Å². The summed E-state index contributed by atoms with van der Waals surface area (Å²) in [6.07, 6.45) is -1.20. The molecule has 0 spiro atoms. The predicted molar refractivity (Wildman–Crippen MR) is 132 cm³/mol. The van der Waals surface area contributed by atoms with E-state index in [-0.39, 0.29) is 6.61 Å². The third kappa shape index (κ3) is 6.31. The van der Waals surface area contributed by atoms with Crippen molar-refractivity contribution in [3.8, 4) is 0 Å². The molecule has 3 aromatic rings. The Hall–Kier alpha value is -3.81. The minimum absolute atomic E-state index is 0.221. The average molecular weight is 514 g/mol. The molecule has 37 heavy (non-hydrogen) atoms. The van der Waals surface area contributed by atoms with Crippen LogP contribution in [-0.2, 0) is 20.9 Å². The zero-order chi connectivity index (χ0) is 26.2. The second-order valence-electron chi connectivity index (χ2n) is 8.49. The molecule has 4 rings (SSSR count). The van der Waals surface area contributed by atoms with Crippen molar-refractivity contribution >= 4 is 29.0 Å². The van der Waals surface area contributed by atoms with Gasteiger partial charge in [-0.3, -0.25) is 9.36 Å². The molecule has 0 bridgehead atoms. The molecule has 1 aliphatic heterocycles. The summed E-state index contributed by atoms with van der Waals surface area (Å²) < 4.78 is 12.3. The summed E-state index contributed by atoms with van der Waals surface area (Å²) in [5, 5.41) is 29.3. The van der Waals surface area contributed by atoms with E-state index in [0.717, 1.165) is 18.4 Å². The fraction of sp³-hybridized carbons (Fsp3) is 0.458. The summed E-state index contributed by atoms with van der Waals surface area (Å²) in [6.45, 7) is 3.38. The van der Waals surface area contributed by atoms with E-state index in [9.17, 15) is 19.8 Å². The van der Waals surface area contributed by atoms with Crippen molar-refractivity contribution in [1.29, 1.82) is 0 Å². The van der Waals surface area contributed by atoms with Crippen LogP contribution in [0.3, 0.4) is 0 Å². The first kappa shape index (κ1) is 26.3. The molecule has 198 valence electrons. The Morgan fingerprint density at radius 3 is 2.62 bits per heavy atom. The number of nitrogens with one attached hydrogen (secondary N) is 3. The molecule has 0 aliphatic carbocycles. The number of aliphatic hydroxyl groups is 2. The predicted octanol–water partition coefficient (Wildman–Crippen LogP) is 0.700. The highest BCUT2D eigenvalue weighted by atomic mass is 16.6. The number of likely N-dealkylation sites (N-methyl/N-ethyl adjacent to an activating group) is 1. The number of aromatic nitrogens is 4. The minimum Gasteiger partial charge on any atom is -0.445 e. The van der Waals surface area contributed by atoms with Gasteiger partial charge in [0.05, 0.1) is 6.33 Å². The smallest absolute Gasteiger partial charge is 0.407 e. The normalized spacial score (nSPS) is 21.1. The molecule has 4 atom stereocenters. The van der Waals surface area contributed by atoms with Gasteiger partial charge < -0.3 is 35.6 Å². The van der Waals surface area contributed by atoms with Crippen molar-refractivity contribution < 1.29 is 29.3 Å². The van der Waals surface area contributed by atoms with Crippen LogP contribution in [0, 0.1) is 0 Å². The van der Waals surface area contributed by atoms with E-state index in [1.165, 1.54) is 17.2 Å². The van der Waals surface area contributed by atoms with Crippen molar-refractivity contribution in [2.24, 2.45) is 0 Å². The van der Waals surface area contributed by atoms with Crippen LogP contribution in [0.4, 0.5) is 10.6 Å². The molecule has 2 amide bonds. The fourth-order valence-corrected chi connectivity index (χ4v) is 3.97. The lowest BCUT2D eigenvalue weighted by Gasteiger charge is -2.16. The highest BCUT2D eigenvalue weighted by molar-refractivity contribution is 5.83. The van der Waals surface area contributed by atoms with E-state index < -0.39 is 36.5 Å². The number of benzene rings is 1. The molecule has 13 nitrogen and oxygen atoms in total. The molecule has 5 N–H and O–H groups in total. The highest BCUT2D eigenvalue weighted by Crippen LogP contribution is 2.32.